The van der Waals surface area contributed by atoms with Crippen molar-refractivity contribution in [2.45, 2.75) is 51.4 Å². The lowest BCUT2D eigenvalue weighted by Gasteiger charge is -2.18. The number of nitrogens with one attached hydrogen (secondary N) is 1. The first-order valence-electron chi connectivity index (χ1n) is 10.4. The number of rotatable bonds is 9. The molecule has 1 aliphatic rings. The van der Waals surface area contributed by atoms with Gasteiger partial charge in [-0.25, -0.2) is 4.98 Å². The minimum Gasteiger partial charge on any atom is -0.440 e. The Balaban J connectivity index is 1.24. The Morgan fingerprint density at radius 1 is 1.14 bits per heavy atom. The Morgan fingerprint density at radius 2 is 2.03 bits per heavy atom. The van der Waals surface area contributed by atoms with Gasteiger partial charge in [-0.15, -0.1) is 0 Å². The summed E-state index contributed by atoms with van der Waals surface area (Å²) in [5, 5.41) is 7.31. The second kappa shape index (κ2) is 9.69. The summed E-state index contributed by atoms with van der Waals surface area (Å²) in [5.74, 6) is 3.46. The van der Waals surface area contributed by atoms with Crippen LogP contribution >= 0.6 is 0 Å². The first kappa shape index (κ1) is 19.6. The predicted molar refractivity (Wildman–Crippen MR) is 110 cm³/mol. The maximum atomic E-state index is 6.05. The van der Waals surface area contributed by atoms with Crippen LogP contribution in [0.4, 0.5) is 5.69 Å². The van der Waals surface area contributed by atoms with E-state index in [1.807, 2.05) is 19.2 Å². The molecule has 0 amide bonds. The quantitative estimate of drug-likeness (QED) is 0.522. The third-order valence-electron chi connectivity index (χ3n) is 5.21. The predicted octanol–water partition coefficient (Wildman–Crippen LogP) is 4.75. The van der Waals surface area contributed by atoms with Crippen molar-refractivity contribution >= 4 is 5.69 Å². The molecule has 7 nitrogen and oxygen atoms in total. The van der Waals surface area contributed by atoms with E-state index in [4.69, 9.17) is 13.7 Å². The molecule has 29 heavy (non-hydrogen) atoms. The van der Waals surface area contributed by atoms with E-state index in [9.17, 15) is 0 Å². The first-order chi connectivity index (χ1) is 14.3. The van der Waals surface area contributed by atoms with Crippen molar-refractivity contribution < 1.29 is 13.7 Å². The van der Waals surface area contributed by atoms with Gasteiger partial charge in [0.25, 0.3) is 0 Å². The molecule has 3 aromatic rings. The zero-order chi connectivity index (χ0) is 19.9. The van der Waals surface area contributed by atoms with Crippen molar-refractivity contribution in [3.8, 4) is 11.3 Å². The van der Waals surface area contributed by atoms with Gasteiger partial charge in [0.2, 0.25) is 5.89 Å². The number of anilines is 1. The fourth-order valence-electron chi connectivity index (χ4n) is 3.59. The molecular formula is C22H28N4O3. The highest BCUT2D eigenvalue weighted by Gasteiger charge is 2.21. The summed E-state index contributed by atoms with van der Waals surface area (Å²) < 4.78 is 16.6. The molecule has 4 rings (SSSR count). The van der Waals surface area contributed by atoms with Gasteiger partial charge in [0.15, 0.2) is 17.5 Å². The van der Waals surface area contributed by atoms with Gasteiger partial charge in [-0.3, -0.25) is 0 Å². The van der Waals surface area contributed by atoms with Crippen LogP contribution in [-0.2, 0) is 11.2 Å². The highest BCUT2D eigenvalue weighted by atomic mass is 16.5. The third kappa shape index (κ3) is 5.44. The van der Waals surface area contributed by atoms with Gasteiger partial charge in [-0.1, -0.05) is 23.7 Å². The summed E-state index contributed by atoms with van der Waals surface area (Å²) in [4.78, 5) is 8.74. The van der Waals surface area contributed by atoms with E-state index in [1.165, 1.54) is 0 Å². The monoisotopic (exact) mass is 396 g/mol. The first-order valence-corrected chi connectivity index (χ1v) is 10.4. The molecule has 3 heterocycles. The van der Waals surface area contributed by atoms with Crippen LogP contribution in [-0.4, -0.2) is 34.9 Å². The number of aromatic nitrogens is 3. The zero-order valence-electron chi connectivity index (χ0n) is 16.9. The lowest BCUT2D eigenvalue weighted by atomic mass is 10.0. The topological polar surface area (TPSA) is 86.2 Å². The van der Waals surface area contributed by atoms with E-state index in [1.54, 1.807) is 0 Å². The highest BCUT2D eigenvalue weighted by Crippen LogP contribution is 2.30. The molecule has 0 bridgehead atoms. The minimum atomic E-state index is 0.370. The molecule has 7 heteroatoms. The fourth-order valence-corrected chi connectivity index (χ4v) is 3.59. The van der Waals surface area contributed by atoms with Gasteiger partial charge in [0.1, 0.15) is 0 Å². The molecule has 1 N–H and O–H groups in total. The Morgan fingerprint density at radius 3 is 2.86 bits per heavy atom. The minimum absolute atomic E-state index is 0.370. The van der Waals surface area contributed by atoms with Crippen molar-refractivity contribution in [2.24, 2.45) is 0 Å². The second-order valence-electron chi connectivity index (χ2n) is 7.50. The van der Waals surface area contributed by atoms with E-state index in [-0.39, 0.29) is 0 Å². The zero-order valence-corrected chi connectivity index (χ0v) is 16.9. The van der Waals surface area contributed by atoms with Crippen molar-refractivity contribution in [3.63, 3.8) is 0 Å². The van der Waals surface area contributed by atoms with E-state index >= 15 is 0 Å². The van der Waals surface area contributed by atoms with Gasteiger partial charge in [0, 0.05) is 43.3 Å². The molecule has 1 saturated heterocycles. The molecule has 0 spiro atoms. The number of hydrogen-bond donors (Lipinski definition) is 1. The molecule has 154 valence electrons. The van der Waals surface area contributed by atoms with E-state index in [0.29, 0.717) is 11.7 Å². The summed E-state index contributed by atoms with van der Waals surface area (Å²) >= 11 is 0. The van der Waals surface area contributed by atoms with Crippen LogP contribution in [0.5, 0.6) is 0 Å². The van der Waals surface area contributed by atoms with Crippen molar-refractivity contribution in [3.05, 3.63) is 48.1 Å². The summed E-state index contributed by atoms with van der Waals surface area (Å²) in [6.45, 7) is 4.35. The number of nitrogens with zero attached hydrogens (tertiary/aromatic N) is 3. The van der Waals surface area contributed by atoms with Crippen LogP contribution < -0.4 is 5.32 Å². The van der Waals surface area contributed by atoms with Gasteiger partial charge < -0.3 is 19.0 Å². The number of benzene rings is 1. The summed E-state index contributed by atoms with van der Waals surface area (Å²) in [6.07, 6.45) is 7.90. The number of oxazole rings is 1. The number of ether oxygens (including phenoxy) is 1. The molecule has 0 saturated carbocycles. The van der Waals surface area contributed by atoms with Crippen LogP contribution in [0.3, 0.4) is 0 Å². The SMILES string of the molecule is Cc1noc(CCCCCNc2cccc(-c3cnc(C4CCOCC4)o3)c2)n1. The molecule has 0 atom stereocenters. The maximum Gasteiger partial charge on any atom is 0.226 e. The molecule has 1 aliphatic heterocycles. The summed E-state index contributed by atoms with van der Waals surface area (Å²) in [6, 6.07) is 8.31. The smallest absolute Gasteiger partial charge is 0.226 e. The van der Waals surface area contributed by atoms with Crippen molar-refractivity contribution in [2.75, 3.05) is 25.1 Å². The highest BCUT2D eigenvalue weighted by molar-refractivity contribution is 5.63. The maximum absolute atomic E-state index is 6.05. The standard InChI is InChI=1S/C22H28N4O3/c1-16-25-21(29-26-16)8-3-2-4-11-23-19-7-5-6-18(14-19)20-15-24-22(28-20)17-9-12-27-13-10-17/h5-7,14-15,17,23H,2-4,8-13H2,1H3. The Kier molecular flexibility index (Phi) is 6.56. The third-order valence-corrected chi connectivity index (χ3v) is 5.21. The number of unbranched alkanes of at least 4 members (excludes halogenated alkanes) is 2. The average Bonchev–Trinajstić information content (AvgIpc) is 3.41. The van der Waals surface area contributed by atoms with E-state index < -0.39 is 0 Å². The average molecular weight is 396 g/mol. The Bertz CT molecular complexity index is 899. The van der Waals surface area contributed by atoms with Crippen LogP contribution in [0.25, 0.3) is 11.3 Å². The van der Waals surface area contributed by atoms with Crippen molar-refractivity contribution in [1.29, 1.82) is 0 Å². The van der Waals surface area contributed by atoms with Crippen molar-refractivity contribution in [1.82, 2.24) is 15.1 Å². The lowest BCUT2D eigenvalue weighted by molar-refractivity contribution is 0.0796. The molecule has 0 aliphatic carbocycles. The molecule has 1 fully saturated rings. The van der Waals surface area contributed by atoms with Gasteiger partial charge >= 0.3 is 0 Å². The Labute approximate surface area is 170 Å². The van der Waals surface area contributed by atoms with Crippen LogP contribution in [0.15, 0.2) is 39.4 Å². The Hall–Kier alpha value is -2.67. The van der Waals surface area contributed by atoms with E-state index in [0.717, 1.165) is 87.1 Å². The molecular weight excluding hydrogens is 368 g/mol. The number of hydrogen-bond acceptors (Lipinski definition) is 7. The molecule has 1 aromatic carbocycles. The second-order valence-corrected chi connectivity index (χ2v) is 7.50. The fraction of sp³-hybridized carbons (Fsp3) is 0.500. The summed E-state index contributed by atoms with van der Waals surface area (Å²) in [7, 11) is 0. The number of aryl methyl sites for hydroxylation is 2. The largest absolute Gasteiger partial charge is 0.440 e. The van der Waals surface area contributed by atoms with E-state index in [2.05, 4.69) is 38.6 Å². The van der Waals surface area contributed by atoms with Gasteiger partial charge in [0.05, 0.1) is 6.20 Å². The molecule has 2 aromatic heterocycles. The van der Waals surface area contributed by atoms with Gasteiger partial charge in [-0.2, -0.15) is 4.98 Å². The molecule has 0 radical (unpaired) electrons. The summed E-state index contributed by atoms with van der Waals surface area (Å²) in [5.41, 5.74) is 2.15. The lowest BCUT2D eigenvalue weighted by Crippen LogP contribution is -2.14. The normalized spacial score (nSPS) is 14.9. The molecule has 0 unspecified atom stereocenters. The van der Waals surface area contributed by atoms with Crippen LogP contribution in [0.1, 0.15) is 55.6 Å². The van der Waals surface area contributed by atoms with Gasteiger partial charge in [-0.05, 0) is 44.7 Å². The van der Waals surface area contributed by atoms with Crippen LogP contribution in [0, 0.1) is 6.92 Å². The van der Waals surface area contributed by atoms with Crippen LogP contribution in [0.2, 0.25) is 0 Å².